The first-order chi connectivity index (χ1) is 10.0. The van der Waals surface area contributed by atoms with Crippen molar-refractivity contribution in [2.24, 2.45) is 0 Å². The minimum Gasteiger partial charge on any atom is -0.476 e. The Morgan fingerprint density at radius 2 is 2.10 bits per heavy atom. The minimum absolute atomic E-state index is 0.0480. The molecule has 0 aromatic carbocycles. The molecule has 3 N–H and O–H groups in total. The Balaban J connectivity index is 2.45. The smallest absolute Gasteiger partial charge is 0.356 e. The summed E-state index contributed by atoms with van der Waals surface area (Å²) in [6, 6.07) is 2.73. The van der Waals surface area contributed by atoms with Gasteiger partial charge < -0.3 is 15.7 Å². The number of carboxylic acids is 1. The molecule has 0 saturated carbocycles. The third-order valence-electron chi connectivity index (χ3n) is 3.13. The zero-order valence-corrected chi connectivity index (χ0v) is 12.6. The summed E-state index contributed by atoms with van der Waals surface area (Å²) in [5.41, 5.74) is 0.0314. The Morgan fingerprint density at radius 1 is 1.33 bits per heavy atom. The van der Waals surface area contributed by atoms with Crippen LogP contribution in [-0.4, -0.2) is 28.1 Å². The SMILES string of the molecule is CCCCCCC(C)NC(=O)Nc1cccnc1C(=O)O. The van der Waals surface area contributed by atoms with Crippen LogP contribution in [-0.2, 0) is 0 Å². The van der Waals surface area contributed by atoms with Gasteiger partial charge in [-0.05, 0) is 25.5 Å². The summed E-state index contributed by atoms with van der Waals surface area (Å²) in [6.07, 6.45) is 6.91. The Labute approximate surface area is 125 Å². The molecule has 6 nitrogen and oxygen atoms in total. The average molecular weight is 293 g/mol. The lowest BCUT2D eigenvalue weighted by atomic mass is 10.1. The van der Waals surface area contributed by atoms with Gasteiger partial charge in [0.15, 0.2) is 5.69 Å². The molecule has 0 radical (unpaired) electrons. The van der Waals surface area contributed by atoms with E-state index in [1.165, 1.54) is 25.1 Å². The summed E-state index contributed by atoms with van der Waals surface area (Å²) in [4.78, 5) is 26.6. The molecule has 2 amide bonds. The quantitative estimate of drug-likeness (QED) is 0.641. The molecule has 0 aliphatic heterocycles. The summed E-state index contributed by atoms with van der Waals surface area (Å²) in [5, 5.41) is 14.3. The number of hydrogen-bond acceptors (Lipinski definition) is 3. The van der Waals surface area contributed by atoms with E-state index >= 15 is 0 Å². The lowest BCUT2D eigenvalue weighted by molar-refractivity contribution is 0.0691. The highest BCUT2D eigenvalue weighted by atomic mass is 16.4. The normalized spacial score (nSPS) is 11.7. The summed E-state index contributed by atoms with van der Waals surface area (Å²) in [6.45, 7) is 4.09. The molecule has 6 heteroatoms. The summed E-state index contributed by atoms with van der Waals surface area (Å²) >= 11 is 0. The van der Waals surface area contributed by atoms with Crippen molar-refractivity contribution >= 4 is 17.7 Å². The molecule has 1 aromatic heterocycles. The van der Waals surface area contributed by atoms with E-state index in [4.69, 9.17) is 5.11 Å². The third-order valence-corrected chi connectivity index (χ3v) is 3.13. The van der Waals surface area contributed by atoms with Crippen LogP contribution in [0.15, 0.2) is 18.3 Å². The van der Waals surface area contributed by atoms with E-state index in [0.717, 1.165) is 19.3 Å². The van der Waals surface area contributed by atoms with Crippen molar-refractivity contribution in [2.75, 3.05) is 5.32 Å². The van der Waals surface area contributed by atoms with Gasteiger partial charge in [-0.25, -0.2) is 14.6 Å². The van der Waals surface area contributed by atoms with Gasteiger partial charge >= 0.3 is 12.0 Å². The fourth-order valence-corrected chi connectivity index (χ4v) is 2.01. The van der Waals surface area contributed by atoms with E-state index in [2.05, 4.69) is 22.5 Å². The van der Waals surface area contributed by atoms with Crippen LogP contribution in [0.4, 0.5) is 10.5 Å². The van der Waals surface area contributed by atoms with Gasteiger partial charge in [-0.2, -0.15) is 0 Å². The first-order valence-corrected chi connectivity index (χ1v) is 7.30. The highest BCUT2D eigenvalue weighted by molar-refractivity contribution is 5.98. The molecule has 0 aliphatic rings. The minimum atomic E-state index is -1.17. The third kappa shape index (κ3) is 6.25. The van der Waals surface area contributed by atoms with Crippen molar-refractivity contribution < 1.29 is 14.7 Å². The molecule has 116 valence electrons. The number of aromatic nitrogens is 1. The van der Waals surface area contributed by atoms with Crippen LogP contribution in [0.3, 0.4) is 0 Å². The second-order valence-corrected chi connectivity index (χ2v) is 5.05. The van der Waals surface area contributed by atoms with Crippen molar-refractivity contribution in [3.8, 4) is 0 Å². The molecule has 1 rings (SSSR count). The predicted molar refractivity (Wildman–Crippen MR) is 81.6 cm³/mol. The Hall–Kier alpha value is -2.11. The molecule has 0 spiro atoms. The largest absolute Gasteiger partial charge is 0.476 e. The number of amides is 2. The number of carboxylic acid groups (broad SMARTS) is 1. The highest BCUT2D eigenvalue weighted by Crippen LogP contribution is 2.12. The number of nitrogens with one attached hydrogen (secondary N) is 2. The second-order valence-electron chi connectivity index (χ2n) is 5.05. The summed E-state index contributed by atoms with van der Waals surface area (Å²) < 4.78 is 0. The number of carbonyl (C=O) groups is 2. The second kappa shape index (κ2) is 8.94. The van der Waals surface area contributed by atoms with Crippen LogP contribution in [0, 0.1) is 0 Å². The molecule has 1 heterocycles. The Morgan fingerprint density at radius 3 is 2.76 bits per heavy atom. The van der Waals surface area contributed by atoms with Crippen LogP contribution < -0.4 is 10.6 Å². The van der Waals surface area contributed by atoms with Crippen molar-refractivity contribution in [3.63, 3.8) is 0 Å². The number of anilines is 1. The lowest BCUT2D eigenvalue weighted by Crippen LogP contribution is -2.36. The molecule has 1 unspecified atom stereocenters. The topological polar surface area (TPSA) is 91.3 Å². The zero-order valence-electron chi connectivity index (χ0n) is 12.6. The first kappa shape index (κ1) is 16.9. The van der Waals surface area contributed by atoms with Crippen LogP contribution in [0.2, 0.25) is 0 Å². The van der Waals surface area contributed by atoms with Crippen molar-refractivity contribution in [1.82, 2.24) is 10.3 Å². The maximum Gasteiger partial charge on any atom is 0.356 e. The maximum atomic E-state index is 11.8. The van der Waals surface area contributed by atoms with Crippen LogP contribution >= 0.6 is 0 Å². The van der Waals surface area contributed by atoms with Gasteiger partial charge in [0, 0.05) is 12.2 Å². The van der Waals surface area contributed by atoms with Crippen molar-refractivity contribution in [2.45, 2.75) is 52.0 Å². The number of rotatable bonds is 8. The Bertz CT molecular complexity index is 477. The summed E-state index contributed by atoms with van der Waals surface area (Å²) in [7, 11) is 0. The highest BCUT2D eigenvalue weighted by Gasteiger charge is 2.14. The van der Waals surface area contributed by atoms with Crippen LogP contribution in [0.1, 0.15) is 56.4 Å². The van der Waals surface area contributed by atoms with E-state index in [1.54, 1.807) is 6.07 Å². The molecule has 21 heavy (non-hydrogen) atoms. The molecule has 1 atom stereocenters. The van der Waals surface area contributed by atoms with Gasteiger partial charge in [-0.15, -0.1) is 0 Å². The van der Waals surface area contributed by atoms with Crippen molar-refractivity contribution in [1.29, 1.82) is 0 Å². The molecular weight excluding hydrogens is 270 g/mol. The fraction of sp³-hybridized carbons (Fsp3) is 0.533. The summed E-state index contributed by atoms with van der Waals surface area (Å²) in [5.74, 6) is -1.17. The number of aromatic carboxylic acids is 1. The number of hydrogen-bond donors (Lipinski definition) is 3. The predicted octanol–water partition coefficient (Wildman–Crippen LogP) is 3.26. The van der Waals surface area contributed by atoms with Crippen molar-refractivity contribution in [3.05, 3.63) is 24.0 Å². The molecule has 1 aromatic rings. The van der Waals surface area contributed by atoms with Crippen LogP contribution in [0.25, 0.3) is 0 Å². The average Bonchev–Trinajstić information content (AvgIpc) is 2.43. The van der Waals surface area contributed by atoms with Gasteiger partial charge in [0.05, 0.1) is 5.69 Å². The monoisotopic (exact) mass is 293 g/mol. The van der Waals surface area contributed by atoms with E-state index in [-0.39, 0.29) is 17.4 Å². The number of pyridine rings is 1. The molecule has 0 bridgehead atoms. The lowest BCUT2D eigenvalue weighted by Gasteiger charge is -2.15. The van der Waals surface area contributed by atoms with Gasteiger partial charge in [0.25, 0.3) is 0 Å². The number of nitrogens with zero attached hydrogens (tertiary/aromatic N) is 1. The fourth-order valence-electron chi connectivity index (χ4n) is 2.01. The first-order valence-electron chi connectivity index (χ1n) is 7.30. The number of unbranched alkanes of at least 4 members (excludes halogenated alkanes) is 3. The van der Waals surface area contributed by atoms with E-state index in [1.807, 2.05) is 6.92 Å². The van der Waals surface area contributed by atoms with Gasteiger partial charge in [-0.3, -0.25) is 0 Å². The van der Waals surface area contributed by atoms with Gasteiger partial charge in [-0.1, -0.05) is 32.6 Å². The van der Waals surface area contributed by atoms with E-state index < -0.39 is 12.0 Å². The van der Waals surface area contributed by atoms with E-state index in [9.17, 15) is 9.59 Å². The van der Waals surface area contributed by atoms with Gasteiger partial charge in [0.1, 0.15) is 0 Å². The number of urea groups is 1. The molecular formula is C15H23N3O3. The standard InChI is InChI=1S/C15H23N3O3/c1-3-4-5-6-8-11(2)17-15(21)18-12-9-7-10-16-13(12)14(19)20/h7,9-11H,3-6,8H2,1-2H3,(H,19,20)(H2,17,18,21). The van der Waals surface area contributed by atoms with E-state index in [0.29, 0.717) is 0 Å². The molecule has 0 saturated heterocycles. The van der Waals surface area contributed by atoms with Crippen LogP contribution in [0.5, 0.6) is 0 Å². The zero-order chi connectivity index (χ0) is 15.7. The molecule has 0 aliphatic carbocycles. The maximum absolute atomic E-state index is 11.8. The van der Waals surface area contributed by atoms with Gasteiger partial charge in [0.2, 0.25) is 0 Å². The molecule has 0 fully saturated rings. The Kier molecular flexibility index (Phi) is 7.21. The number of carbonyl (C=O) groups excluding carboxylic acids is 1.